The van der Waals surface area contributed by atoms with Crippen LogP contribution in [0.3, 0.4) is 0 Å². The number of nitrogens with zero attached hydrogens (tertiary/aromatic N) is 3. The smallest absolute Gasteiger partial charge is 0.127 e. The molecule has 0 radical (unpaired) electrons. The number of hydrogen-bond acceptors (Lipinski definition) is 3. The molecule has 1 unspecified atom stereocenters. The molecule has 1 aliphatic rings. The van der Waals surface area contributed by atoms with Crippen LogP contribution in [0.1, 0.15) is 42.8 Å². The highest BCUT2D eigenvalue weighted by molar-refractivity contribution is 5.76. The standard InChI is InChI=1S/C21H25N3O/c1-2-24-19-7-4-3-6-18(19)22-21(24)20-8-5-13-23(20)14-16-9-11-17(15-25)12-10-16/h3-4,6-7,9-12,20,25H,2,5,8,13-15H2,1H3. The first kappa shape index (κ1) is 16.3. The molecule has 3 aromatic rings. The fourth-order valence-electron chi connectivity index (χ4n) is 3.97. The Kier molecular flexibility index (Phi) is 4.55. The van der Waals surface area contributed by atoms with Gasteiger partial charge in [0, 0.05) is 13.1 Å². The van der Waals surface area contributed by atoms with Gasteiger partial charge in [-0.3, -0.25) is 4.90 Å². The molecule has 0 saturated carbocycles. The summed E-state index contributed by atoms with van der Waals surface area (Å²) in [5.41, 5.74) is 4.59. The monoisotopic (exact) mass is 335 g/mol. The number of fused-ring (bicyclic) bond motifs is 1. The third kappa shape index (κ3) is 3.08. The van der Waals surface area contributed by atoms with Crippen molar-refractivity contribution in [1.29, 1.82) is 0 Å². The number of hydrogen-bond donors (Lipinski definition) is 1. The van der Waals surface area contributed by atoms with Crippen molar-refractivity contribution in [2.24, 2.45) is 0 Å². The fourth-order valence-corrected chi connectivity index (χ4v) is 3.97. The summed E-state index contributed by atoms with van der Waals surface area (Å²) in [5, 5.41) is 9.21. The summed E-state index contributed by atoms with van der Waals surface area (Å²) in [6.07, 6.45) is 2.38. The van der Waals surface area contributed by atoms with Gasteiger partial charge >= 0.3 is 0 Å². The highest BCUT2D eigenvalue weighted by Gasteiger charge is 2.30. The van der Waals surface area contributed by atoms with Crippen molar-refractivity contribution in [3.05, 3.63) is 65.5 Å². The van der Waals surface area contributed by atoms with Crippen LogP contribution in [-0.4, -0.2) is 26.1 Å². The predicted molar refractivity (Wildman–Crippen MR) is 100 cm³/mol. The number of aromatic nitrogens is 2. The lowest BCUT2D eigenvalue weighted by molar-refractivity contribution is 0.236. The maximum absolute atomic E-state index is 9.21. The van der Waals surface area contributed by atoms with Gasteiger partial charge in [-0.1, -0.05) is 36.4 Å². The van der Waals surface area contributed by atoms with Gasteiger partial charge in [0.15, 0.2) is 0 Å². The number of benzene rings is 2. The van der Waals surface area contributed by atoms with E-state index in [4.69, 9.17) is 4.98 Å². The van der Waals surface area contributed by atoms with Crippen LogP contribution in [-0.2, 0) is 19.7 Å². The van der Waals surface area contributed by atoms with Crippen molar-refractivity contribution in [2.45, 2.75) is 45.5 Å². The molecule has 0 bridgehead atoms. The average Bonchev–Trinajstić information content (AvgIpc) is 3.25. The molecule has 4 nitrogen and oxygen atoms in total. The minimum atomic E-state index is 0.104. The fraction of sp³-hybridized carbons (Fsp3) is 0.381. The first-order chi connectivity index (χ1) is 12.3. The van der Waals surface area contributed by atoms with Crippen LogP contribution in [0, 0.1) is 0 Å². The molecule has 1 aliphatic heterocycles. The minimum absolute atomic E-state index is 0.104. The van der Waals surface area contributed by atoms with E-state index in [0.717, 1.165) is 37.1 Å². The molecular weight excluding hydrogens is 310 g/mol. The zero-order valence-corrected chi connectivity index (χ0v) is 14.7. The van der Waals surface area contributed by atoms with Gasteiger partial charge in [0.2, 0.25) is 0 Å². The van der Waals surface area contributed by atoms with Gasteiger partial charge in [-0.15, -0.1) is 0 Å². The largest absolute Gasteiger partial charge is 0.392 e. The van der Waals surface area contributed by atoms with Crippen LogP contribution in [0.15, 0.2) is 48.5 Å². The van der Waals surface area contributed by atoms with Gasteiger partial charge < -0.3 is 9.67 Å². The molecule has 1 aromatic heterocycles. The van der Waals surface area contributed by atoms with E-state index in [9.17, 15) is 5.11 Å². The summed E-state index contributed by atoms with van der Waals surface area (Å²) in [6, 6.07) is 17.1. The van der Waals surface area contributed by atoms with E-state index in [1.54, 1.807) is 0 Å². The molecule has 130 valence electrons. The summed E-state index contributed by atoms with van der Waals surface area (Å²) >= 11 is 0. The third-order valence-corrected chi connectivity index (χ3v) is 5.25. The molecular formula is C21H25N3O. The summed E-state index contributed by atoms with van der Waals surface area (Å²) in [5.74, 6) is 1.20. The van der Waals surface area contributed by atoms with Crippen molar-refractivity contribution in [3.63, 3.8) is 0 Å². The van der Waals surface area contributed by atoms with Crippen molar-refractivity contribution >= 4 is 11.0 Å². The van der Waals surface area contributed by atoms with Crippen LogP contribution in [0.2, 0.25) is 0 Å². The zero-order chi connectivity index (χ0) is 17.2. The van der Waals surface area contributed by atoms with Crippen molar-refractivity contribution in [3.8, 4) is 0 Å². The quantitative estimate of drug-likeness (QED) is 0.769. The summed E-state index contributed by atoms with van der Waals surface area (Å²) < 4.78 is 2.37. The van der Waals surface area contributed by atoms with E-state index >= 15 is 0 Å². The van der Waals surface area contributed by atoms with Crippen LogP contribution < -0.4 is 0 Å². The Bertz CT molecular complexity index is 853. The third-order valence-electron chi connectivity index (χ3n) is 5.25. The number of rotatable bonds is 5. The van der Waals surface area contributed by atoms with E-state index in [2.05, 4.69) is 52.8 Å². The second-order valence-electron chi connectivity index (χ2n) is 6.81. The van der Waals surface area contributed by atoms with Crippen molar-refractivity contribution in [1.82, 2.24) is 14.5 Å². The van der Waals surface area contributed by atoms with E-state index in [0.29, 0.717) is 6.04 Å². The van der Waals surface area contributed by atoms with Gasteiger partial charge in [-0.2, -0.15) is 0 Å². The van der Waals surface area contributed by atoms with Gasteiger partial charge in [-0.05, 0) is 49.6 Å². The number of para-hydroxylation sites is 2. The lowest BCUT2D eigenvalue weighted by atomic mass is 10.1. The molecule has 2 heterocycles. The number of aryl methyl sites for hydroxylation is 1. The maximum atomic E-state index is 9.21. The second-order valence-corrected chi connectivity index (χ2v) is 6.81. The predicted octanol–water partition coefficient (Wildman–Crippen LogP) is 3.89. The Hall–Kier alpha value is -2.17. The lowest BCUT2D eigenvalue weighted by Gasteiger charge is -2.25. The van der Waals surface area contributed by atoms with E-state index in [1.165, 1.54) is 23.3 Å². The molecule has 0 amide bonds. The molecule has 1 N–H and O–H groups in total. The van der Waals surface area contributed by atoms with E-state index < -0.39 is 0 Å². The number of aliphatic hydroxyl groups excluding tert-OH is 1. The van der Waals surface area contributed by atoms with Gasteiger partial charge in [-0.25, -0.2) is 4.98 Å². The lowest BCUT2D eigenvalue weighted by Crippen LogP contribution is -2.25. The molecule has 1 saturated heterocycles. The van der Waals surface area contributed by atoms with Crippen LogP contribution >= 0.6 is 0 Å². The molecule has 4 heteroatoms. The van der Waals surface area contributed by atoms with Crippen molar-refractivity contribution < 1.29 is 5.11 Å². The van der Waals surface area contributed by atoms with Crippen LogP contribution in [0.25, 0.3) is 11.0 Å². The molecule has 1 atom stereocenters. The zero-order valence-electron chi connectivity index (χ0n) is 14.7. The van der Waals surface area contributed by atoms with Crippen LogP contribution in [0.4, 0.5) is 0 Å². The summed E-state index contributed by atoms with van der Waals surface area (Å²) in [6.45, 7) is 5.30. The molecule has 1 fully saturated rings. The summed E-state index contributed by atoms with van der Waals surface area (Å²) in [4.78, 5) is 7.52. The Balaban J connectivity index is 1.62. The Morgan fingerprint density at radius 2 is 1.84 bits per heavy atom. The molecule has 4 rings (SSSR count). The first-order valence-corrected chi connectivity index (χ1v) is 9.18. The average molecular weight is 335 g/mol. The molecule has 2 aromatic carbocycles. The molecule has 0 spiro atoms. The Labute approximate surface area is 148 Å². The highest BCUT2D eigenvalue weighted by atomic mass is 16.3. The van der Waals surface area contributed by atoms with Crippen molar-refractivity contribution in [2.75, 3.05) is 6.54 Å². The first-order valence-electron chi connectivity index (χ1n) is 9.18. The number of likely N-dealkylation sites (tertiary alicyclic amines) is 1. The van der Waals surface area contributed by atoms with Gasteiger partial charge in [0.05, 0.1) is 23.7 Å². The van der Waals surface area contributed by atoms with E-state index in [-0.39, 0.29) is 6.61 Å². The van der Waals surface area contributed by atoms with Crippen LogP contribution in [0.5, 0.6) is 0 Å². The normalized spacial score (nSPS) is 18.2. The highest BCUT2D eigenvalue weighted by Crippen LogP contribution is 2.34. The molecule has 0 aliphatic carbocycles. The number of aliphatic hydroxyl groups is 1. The molecule has 25 heavy (non-hydrogen) atoms. The Morgan fingerprint density at radius 1 is 1.08 bits per heavy atom. The Morgan fingerprint density at radius 3 is 2.60 bits per heavy atom. The second kappa shape index (κ2) is 6.98. The van der Waals surface area contributed by atoms with E-state index in [1.807, 2.05) is 12.1 Å². The van der Waals surface area contributed by atoms with Gasteiger partial charge in [0.25, 0.3) is 0 Å². The summed E-state index contributed by atoms with van der Waals surface area (Å²) in [7, 11) is 0. The SMILES string of the molecule is CCn1c(C2CCCN2Cc2ccc(CO)cc2)nc2ccccc21. The van der Waals surface area contributed by atoms with Gasteiger partial charge in [0.1, 0.15) is 5.82 Å². The topological polar surface area (TPSA) is 41.3 Å². The minimum Gasteiger partial charge on any atom is -0.392 e. The number of imidazole rings is 1. The maximum Gasteiger partial charge on any atom is 0.127 e.